The van der Waals surface area contributed by atoms with Crippen molar-refractivity contribution in [2.24, 2.45) is 17.8 Å². The number of fused-ring (bicyclic) bond motifs is 4. The highest BCUT2D eigenvalue weighted by atomic mass is 16.7. The van der Waals surface area contributed by atoms with Crippen LogP contribution in [0.3, 0.4) is 0 Å². The summed E-state index contributed by atoms with van der Waals surface area (Å²) in [6, 6.07) is 16.2. The van der Waals surface area contributed by atoms with Gasteiger partial charge in [0.05, 0.1) is 24.9 Å². The first-order valence-corrected chi connectivity index (χ1v) is 15.6. The van der Waals surface area contributed by atoms with E-state index < -0.39 is 5.79 Å². The van der Waals surface area contributed by atoms with Gasteiger partial charge in [0.15, 0.2) is 11.5 Å². The number of benzene rings is 2. The molecule has 8 heteroatoms. The van der Waals surface area contributed by atoms with Crippen LogP contribution in [-0.2, 0) is 6.54 Å². The first-order chi connectivity index (χ1) is 20.4. The number of rotatable bonds is 8. The summed E-state index contributed by atoms with van der Waals surface area (Å²) in [6.07, 6.45) is 4.98. The van der Waals surface area contributed by atoms with Crippen LogP contribution in [0.1, 0.15) is 55.6 Å². The second-order valence-corrected chi connectivity index (χ2v) is 13.0. The van der Waals surface area contributed by atoms with Gasteiger partial charge in [0.2, 0.25) is 11.5 Å². The summed E-state index contributed by atoms with van der Waals surface area (Å²) >= 11 is 0. The lowest BCUT2D eigenvalue weighted by atomic mass is 9.85. The summed E-state index contributed by atoms with van der Waals surface area (Å²) in [7, 11) is 1.60. The summed E-state index contributed by atoms with van der Waals surface area (Å²) in [6.45, 7) is 9.37. The molecule has 42 heavy (non-hydrogen) atoms. The van der Waals surface area contributed by atoms with Crippen LogP contribution in [0.15, 0.2) is 48.5 Å². The molecular weight excluding hydrogens is 528 g/mol. The van der Waals surface area contributed by atoms with Crippen LogP contribution < -0.4 is 19.5 Å². The van der Waals surface area contributed by atoms with Gasteiger partial charge in [-0.1, -0.05) is 24.3 Å². The van der Waals surface area contributed by atoms with Gasteiger partial charge in [0, 0.05) is 43.9 Å². The molecule has 3 aliphatic heterocycles. The van der Waals surface area contributed by atoms with Crippen LogP contribution in [0.5, 0.6) is 17.2 Å². The van der Waals surface area contributed by atoms with Crippen molar-refractivity contribution in [2.45, 2.75) is 57.9 Å². The fourth-order valence-corrected chi connectivity index (χ4v) is 7.72. The lowest BCUT2D eigenvalue weighted by Gasteiger charge is -2.37. The van der Waals surface area contributed by atoms with E-state index in [2.05, 4.69) is 22.3 Å². The Morgan fingerprint density at radius 2 is 1.90 bits per heavy atom. The molecule has 2 aromatic carbocycles. The maximum absolute atomic E-state index is 14.4. The zero-order valence-corrected chi connectivity index (χ0v) is 25.0. The van der Waals surface area contributed by atoms with Gasteiger partial charge in [-0.2, -0.15) is 0 Å². The van der Waals surface area contributed by atoms with Crippen molar-refractivity contribution in [1.82, 2.24) is 20.1 Å². The molecule has 1 saturated carbocycles. The van der Waals surface area contributed by atoms with Crippen molar-refractivity contribution in [3.05, 3.63) is 59.8 Å². The van der Waals surface area contributed by atoms with Gasteiger partial charge < -0.3 is 24.4 Å². The predicted molar refractivity (Wildman–Crippen MR) is 162 cm³/mol. The minimum Gasteiger partial charge on any atom is -0.493 e. The molecule has 1 unspecified atom stereocenters. The summed E-state index contributed by atoms with van der Waals surface area (Å²) in [5.74, 6) is 3.06. The Kier molecular flexibility index (Phi) is 7.22. The van der Waals surface area contributed by atoms with Gasteiger partial charge >= 0.3 is 0 Å². The van der Waals surface area contributed by atoms with Crippen LogP contribution in [0.25, 0.3) is 10.9 Å². The third-order valence-corrected chi connectivity index (χ3v) is 9.80. The topological polar surface area (TPSA) is 76.2 Å². The van der Waals surface area contributed by atoms with Gasteiger partial charge in [-0.25, -0.2) is 0 Å². The summed E-state index contributed by atoms with van der Waals surface area (Å²) in [5, 5.41) is 4.74. The molecule has 0 radical (unpaired) electrons. The highest BCUT2D eigenvalue weighted by Crippen LogP contribution is 2.47. The Balaban J connectivity index is 1.17. The fraction of sp³-hybridized carbons (Fsp3) is 0.529. The van der Waals surface area contributed by atoms with Crippen LogP contribution in [0, 0.1) is 17.8 Å². The number of nitrogens with one attached hydrogen (secondary N) is 1. The van der Waals surface area contributed by atoms with E-state index in [1.807, 2.05) is 43.0 Å². The maximum Gasteiger partial charge on any atom is 0.254 e. The molecule has 222 valence electrons. The van der Waals surface area contributed by atoms with Crippen LogP contribution in [-0.4, -0.2) is 72.4 Å². The number of pyridine rings is 1. The Bertz CT molecular complexity index is 1460. The van der Waals surface area contributed by atoms with E-state index in [-0.39, 0.29) is 5.91 Å². The quantitative estimate of drug-likeness (QED) is 0.404. The molecule has 2 bridgehead atoms. The molecule has 4 heterocycles. The second-order valence-electron chi connectivity index (χ2n) is 13.0. The molecule has 8 nitrogen and oxygen atoms in total. The molecule has 0 spiro atoms. The van der Waals surface area contributed by atoms with Crippen molar-refractivity contribution >= 4 is 16.8 Å². The molecule has 1 aromatic heterocycles. The number of likely N-dealkylation sites (tertiary alicyclic amines) is 1. The molecule has 1 amide bonds. The second kappa shape index (κ2) is 11.0. The summed E-state index contributed by atoms with van der Waals surface area (Å²) in [5.41, 5.74) is 2.36. The Labute approximate surface area is 248 Å². The number of carbonyl (C=O) groups is 1. The molecule has 2 saturated heterocycles. The van der Waals surface area contributed by atoms with Gasteiger partial charge in [-0.3, -0.25) is 14.7 Å². The average Bonchev–Trinajstić information content (AvgIpc) is 3.62. The number of amides is 1. The predicted octanol–water partition coefficient (Wildman–Crippen LogP) is 5.10. The van der Waals surface area contributed by atoms with Crippen molar-refractivity contribution in [2.75, 3.05) is 39.8 Å². The molecule has 1 aliphatic carbocycles. The lowest BCUT2D eigenvalue weighted by molar-refractivity contribution is -0.0439. The average molecular weight is 571 g/mol. The number of carbonyl (C=O) groups excluding carboxylic acids is 1. The van der Waals surface area contributed by atoms with Crippen LogP contribution in [0.4, 0.5) is 0 Å². The number of methoxy groups -OCH3 is 1. The molecule has 7 rings (SSSR count). The standard InChI is InChI=1S/C34H42N4O4/c1-34(2)41-31-16-25(15-30(40-3)32(31)42-34)33(39)38(19-26-13-12-22-7-4-5-9-29(22)36-26)20-27-8-6-14-37(27)21-28-23-10-11-24(28)18-35-17-23/h4-5,7,9,12-13,15-16,23-24,27-28,35H,6,8,10-11,14,17-21H2,1-3H3/t23-,24+,27-,28?/m0/s1. The fourth-order valence-electron chi connectivity index (χ4n) is 7.72. The smallest absolute Gasteiger partial charge is 0.254 e. The minimum absolute atomic E-state index is 0.0480. The zero-order chi connectivity index (χ0) is 28.8. The van der Waals surface area contributed by atoms with Crippen molar-refractivity contribution in [3.8, 4) is 17.2 Å². The Hall–Kier alpha value is -3.36. The van der Waals surface area contributed by atoms with Crippen molar-refractivity contribution in [3.63, 3.8) is 0 Å². The third kappa shape index (κ3) is 5.31. The monoisotopic (exact) mass is 570 g/mol. The zero-order valence-electron chi connectivity index (χ0n) is 25.0. The normalized spacial score (nSPS) is 26.1. The van der Waals surface area contributed by atoms with E-state index in [0.717, 1.165) is 67.0 Å². The number of aromatic nitrogens is 1. The number of ether oxygens (including phenoxy) is 3. The number of hydrogen-bond donors (Lipinski definition) is 1. The highest BCUT2D eigenvalue weighted by Gasteiger charge is 2.42. The molecule has 3 aromatic rings. The Morgan fingerprint density at radius 3 is 2.71 bits per heavy atom. The number of piperidine rings is 1. The van der Waals surface area contributed by atoms with E-state index >= 15 is 0 Å². The number of para-hydroxylation sites is 1. The largest absolute Gasteiger partial charge is 0.493 e. The first-order valence-electron chi connectivity index (χ1n) is 15.6. The minimum atomic E-state index is -0.815. The van der Waals surface area contributed by atoms with Crippen LogP contribution >= 0.6 is 0 Å². The molecule has 4 aliphatic rings. The van der Waals surface area contributed by atoms with E-state index in [4.69, 9.17) is 19.2 Å². The summed E-state index contributed by atoms with van der Waals surface area (Å²) < 4.78 is 17.7. The maximum atomic E-state index is 14.4. The van der Waals surface area contributed by atoms with Crippen LogP contribution in [0.2, 0.25) is 0 Å². The third-order valence-electron chi connectivity index (χ3n) is 9.80. The Morgan fingerprint density at radius 1 is 1.10 bits per heavy atom. The number of hydrogen-bond acceptors (Lipinski definition) is 7. The first kappa shape index (κ1) is 27.5. The molecular formula is C34H42N4O4. The molecule has 3 fully saturated rings. The molecule has 4 atom stereocenters. The van der Waals surface area contributed by atoms with E-state index in [9.17, 15) is 4.79 Å². The lowest BCUT2D eigenvalue weighted by Crippen LogP contribution is -2.48. The van der Waals surface area contributed by atoms with Gasteiger partial charge in [-0.05, 0) is 87.3 Å². The molecule has 1 N–H and O–H groups in total. The summed E-state index contributed by atoms with van der Waals surface area (Å²) in [4.78, 5) is 24.0. The van der Waals surface area contributed by atoms with Crippen molar-refractivity contribution < 1.29 is 19.0 Å². The highest BCUT2D eigenvalue weighted by molar-refractivity contribution is 5.96. The SMILES string of the molecule is COc1cc(C(=O)N(Cc2ccc3ccccc3n2)C[C@@H]2CCCN2CC2[C@@H]3CC[C@H]2CNC3)cc2c1OC(C)(C)O2. The van der Waals surface area contributed by atoms with E-state index in [1.165, 1.54) is 19.3 Å². The number of nitrogens with zero attached hydrogens (tertiary/aromatic N) is 3. The van der Waals surface area contributed by atoms with E-state index in [1.54, 1.807) is 19.2 Å². The van der Waals surface area contributed by atoms with Gasteiger partial charge in [0.1, 0.15) is 0 Å². The van der Waals surface area contributed by atoms with Gasteiger partial charge in [0.25, 0.3) is 5.91 Å². The van der Waals surface area contributed by atoms with Gasteiger partial charge in [-0.15, -0.1) is 0 Å². The van der Waals surface area contributed by atoms with E-state index in [0.29, 0.717) is 41.9 Å². The van der Waals surface area contributed by atoms with Crippen molar-refractivity contribution in [1.29, 1.82) is 0 Å².